The van der Waals surface area contributed by atoms with E-state index in [1.165, 1.54) is 33.0 Å². The number of hydrogen-bond donors (Lipinski definition) is 2. The summed E-state index contributed by atoms with van der Waals surface area (Å²) in [5.41, 5.74) is 9.11. The Labute approximate surface area is 211 Å². The fraction of sp³-hybridized carbons (Fsp3) is 0. The molecule has 0 spiro atoms. The molecule has 0 radical (unpaired) electrons. The van der Waals surface area contributed by atoms with Crippen LogP contribution in [0.1, 0.15) is 0 Å². The van der Waals surface area contributed by atoms with E-state index in [9.17, 15) is 0 Å². The van der Waals surface area contributed by atoms with Gasteiger partial charge in [-0.15, -0.1) is 0 Å². The molecule has 0 fully saturated rings. The smallest absolute Gasteiger partial charge is 0.0390 e. The maximum Gasteiger partial charge on any atom is 0.0390 e. The quantitative estimate of drug-likeness (QED) is 0.257. The molecule has 0 bridgehead atoms. The standard InChI is InChI=1S/C34H26N2/c1-3-12-27(13-4-1)35-29-20-18-26(19-21-29)32-23-22-30(36-28-14-5-2-6-15-28)24-34(32)33-17-9-11-25-10-7-8-16-31(25)33/h1-24,35-36H. The normalized spacial score (nSPS) is 10.8. The fourth-order valence-electron chi connectivity index (χ4n) is 4.67. The molecule has 0 aliphatic carbocycles. The highest BCUT2D eigenvalue weighted by molar-refractivity contribution is 6.01. The van der Waals surface area contributed by atoms with Crippen LogP contribution in [-0.2, 0) is 0 Å². The molecule has 0 atom stereocenters. The van der Waals surface area contributed by atoms with E-state index in [-0.39, 0.29) is 0 Å². The summed E-state index contributed by atoms with van der Waals surface area (Å²) in [7, 11) is 0. The lowest BCUT2D eigenvalue weighted by Crippen LogP contribution is -1.94. The zero-order chi connectivity index (χ0) is 24.2. The topological polar surface area (TPSA) is 24.1 Å². The maximum atomic E-state index is 3.57. The second-order valence-electron chi connectivity index (χ2n) is 8.85. The molecule has 0 saturated heterocycles. The van der Waals surface area contributed by atoms with Crippen molar-refractivity contribution in [1.82, 2.24) is 0 Å². The molecule has 6 aromatic carbocycles. The highest BCUT2D eigenvalue weighted by atomic mass is 14.9. The Morgan fingerprint density at radius 3 is 1.61 bits per heavy atom. The van der Waals surface area contributed by atoms with Gasteiger partial charge in [0, 0.05) is 22.7 Å². The predicted octanol–water partition coefficient (Wildman–Crippen LogP) is 9.66. The lowest BCUT2D eigenvalue weighted by molar-refractivity contribution is 1.52. The van der Waals surface area contributed by atoms with Gasteiger partial charge < -0.3 is 10.6 Å². The van der Waals surface area contributed by atoms with Gasteiger partial charge in [0.05, 0.1) is 0 Å². The Kier molecular flexibility index (Phi) is 5.91. The molecule has 0 heterocycles. The van der Waals surface area contributed by atoms with Crippen molar-refractivity contribution in [3.8, 4) is 22.3 Å². The monoisotopic (exact) mass is 462 g/mol. The summed E-state index contributed by atoms with van der Waals surface area (Å²) >= 11 is 0. The first-order valence-electron chi connectivity index (χ1n) is 12.2. The van der Waals surface area contributed by atoms with E-state index in [0.717, 1.165) is 22.7 Å². The minimum Gasteiger partial charge on any atom is -0.356 e. The average Bonchev–Trinajstić information content (AvgIpc) is 2.94. The average molecular weight is 463 g/mol. The molecule has 0 aliphatic heterocycles. The van der Waals surface area contributed by atoms with Crippen LogP contribution in [-0.4, -0.2) is 0 Å². The zero-order valence-electron chi connectivity index (χ0n) is 19.9. The third-order valence-corrected chi connectivity index (χ3v) is 6.42. The molecule has 2 nitrogen and oxygen atoms in total. The van der Waals surface area contributed by atoms with Crippen molar-refractivity contribution >= 4 is 33.5 Å². The number of hydrogen-bond acceptors (Lipinski definition) is 2. The van der Waals surface area contributed by atoms with Crippen LogP contribution in [0.3, 0.4) is 0 Å². The van der Waals surface area contributed by atoms with Gasteiger partial charge in [0.1, 0.15) is 0 Å². The summed E-state index contributed by atoms with van der Waals surface area (Å²) < 4.78 is 0. The van der Waals surface area contributed by atoms with Gasteiger partial charge in [-0.2, -0.15) is 0 Å². The Balaban J connectivity index is 1.43. The number of rotatable bonds is 6. The molecule has 2 N–H and O–H groups in total. The molecule has 0 unspecified atom stereocenters. The molecule has 6 aromatic rings. The first-order valence-corrected chi connectivity index (χ1v) is 12.2. The van der Waals surface area contributed by atoms with E-state index >= 15 is 0 Å². The first kappa shape index (κ1) is 21.7. The highest BCUT2D eigenvalue weighted by Crippen LogP contribution is 2.39. The van der Waals surface area contributed by atoms with E-state index < -0.39 is 0 Å². The number of anilines is 4. The molecular weight excluding hydrogens is 436 g/mol. The van der Waals surface area contributed by atoms with Gasteiger partial charge in [-0.05, 0) is 81.6 Å². The molecule has 0 amide bonds. The van der Waals surface area contributed by atoms with E-state index in [2.05, 4.69) is 120 Å². The minimum absolute atomic E-state index is 1.07. The summed E-state index contributed by atoms with van der Waals surface area (Å²) in [5, 5.41) is 9.54. The number of para-hydroxylation sites is 2. The SMILES string of the molecule is c1ccc(Nc2ccc(-c3ccc(Nc4ccccc4)cc3-c3cccc4ccccc34)cc2)cc1. The molecule has 0 saturated carbocycles. The van der Waals surface area contributed by atoms with E-state index in [1.807, 2.05) is 36.4 Å². The molecule has 172 valence electrons. The zero-order valence-corrected chi connectivity index (χ0v) is 19.9. The Bertz CT molecular complexity index is 1600. The lowest BCUT2D eigenvalue weighted by atomic mass is 9.91. The molecule has 2 heteroatoms. The summed E-state index contributed by atoms with van der Waals surface area (Å²) in [6.07, 6.45) is 0. The molecule has 0 aliphatic rings. The van der Waals surface area contributed by atoms with Gasteiger partial charge in [-0.3, -0.25) is 0 Å². The van der Waals surface area contributed by atoms with Gasteiger partial charge in [0.25, 0.3) is 0 Å². The lowest BCUT2D eigenvalue weighted by Gasteiger charge is -2.16. The second-order valence-corrected chi connectivity index (χ2v) is 8.85. The van der Waals surface area contributed by atoms with Crippen molar-refractivity contribution in [3.63, 3.8) is 0 Å². The molecule has 6 rings (SSSR count). The Hall–Kier alpha value is -4.82. The van der Waals surface area contributed by atoms with Crippen LogP contribution in [0.5, 0.6) is 0 Å². The third kappa shape index (κ3) is 4.57. The summed E-state index contributed by atoms with van der Waals surface area (Å²) in [5.74, 6) is 0. The number of benzene rings is 6. The molecular formula is C34H26N2. The van der Waals surface area contributed by atoms with E-state index in [4.69, 9.17) is 0 Å². The van der Waals surface area contributed by atoms with Gasteiger partial charge in [0.2, 0.25) is 0 Å². The summed E-state index contributed by atoms with van der Waals surface area (Å²) in [6, 6.07) is 51.0. The third-order valence-electron chi connectivity index (χ3n) is 6.42. The Morgan fingerprint density at radius 2 is 0.889 bits per heavy atom. The number of fused-ring (bicyclic) bond motifs is 1. The van der Waals surface area contributed by atoms with Crippen molar-refractivity contribution in [2.45, 2.75) is 0 Å². The van der Waals surface area contributed by atoms with Crippen molar-refractivity contribution in [2.24, 2.45) is 0 Å². The molecule has 36 heavy (non-hydrogen) atoms. The molecule has 0 aromatic heterocycles. The Morgan fingerprint density at radius 1 is 0.333 bits per heavy atom. The van der Waals surface area contributed by atoms with Crippen LogP contribution in [0.25, 0.3) is 33.0 Å². The van der Waals surface area contributed by atoms with Crippen LogP contribution >= 0.6 is 0 Å². The minimum atomic E-state index is 1.07. The first-order chi connectivity index (χ1) is 17.8. The van der Waals surface area contributed by atoms with Crippen LogP contribution in [0.15, 0.2) is 146 Å². The van der Waals surface area contributed by atoms with Gasteiger partial charge in [-0.1, -0.05) is 97.1 Å². The fourth-order valence-corrected chi connectivity index (χ4v) is 4.67. The van der Waals surface area contributed by atoms with Crippen LogP contribution in [0, 0.1) is 0 Å². The largest absolute Gasteiger partial charge is 0.356 e. The van der Waals surface area contributed by atoms with Crippen LogP contribution < -0.4 is 10.6 Å². The second kappa shape index (κ2) is 9.81. The van der Waals surface area contributed by atoms with Crippen LogP contribution in [0.2, 0.25) is 0 Å². The maximum absolute atomic E-state index is 3.57. The predicted molar refractivity (Wildman–Crippen MR) is 154 cm³/mol. The van der Waals surface area contributed by atoms with Gasteiger partial charge >= 0.3 is 0 Å². The highest BCUT2D eigenvalue weighted by Gasteiger charge is 2.12. The van der Waals surface area contributed by atoms with Gasteiger partial charge in [0.15, 0.2) is 0 Å². The van der Waals surface area contributed by atoms with Gasteiger partial charge in [-0.25, -0.2) is 0 Å². The van der Waals surface area contributed by atoms with Crippen molar-refractivity contribution in [2.75, 3.05) is 10.6 Å². The van der Waals surface area contributed by atoms with Crippen LogP contribution in [0.4, 0.5) is 22.7 Å². The number of nitrogens with one attached hydrogen (secondary N) is 2. The summed E-state index contributed by atoms with van der Waals surface area (Å²) in [4.78, 5) is 0. The van der Waals surface area contributed by atoms with Crippen molar-refractivity contribution in [1.29, 1.82) is 0 Å². The van der Waals surface area contributed by atoms with Crippen molar-refractivity contribution in [3.05, 3.63) is 146 Å². The van der Waals surface area contributed by atoms with Crippen molar-refractivity contribution < 1.29 is 0 Å². The summed E-state index contributed by atoms with van der Waals surface area (Å²) in [6.45, 7) is 0. The van der Waals surface area contributed by atoms with E-state index in [1.54, 1.807) is 0 Å². The van der Waals surface area contributed by atoms with E-state index in [0.29, 0.717) is 0 Å².